The molecule has 0 aliphatic rings. The zero-order chi connectivity index (χ0) is 15.4. The van der Waals surface area contributed by atoms with Gasteiger partial charge < -0.3 is 25.3 Å². The van der Waals surface area contributed by atoms with Crippen molar-refractivity contribution in [3.8, 4) is 0 Å². The van der Waals surface area contributed by atoms with E-state index in [9.17, 15) is 19.8 Å². The number of H-pyrrole nitrogens is 1. The summed E-state index contributed by atoms with van der Waals surface area (Å²) >= 11 is 0. The molecular formula is C15H17N2O4-. The largest absolute Gasteiger partial charge is 0.548 e. The number of carboxylic acids is 1. The van der Waals surface area contributed by atoms with Gasteiger partial charge in [-0.25, -0.2) is 0 Å². The molecule has 0 bridgehead atoms. The maximum absolute atomic E-state index is 11.8. The Bertz CT molecular complexity index is 648. The summed E-state index contributed by atoms with van der Waals surface area (Å²) in [6, 6.07) is 6.35. The fraction of sp³-hybridized carbons (Fsp3) is 0.333. The summed E-state index contributed by atoms with van der Waals surface area (Å²) in [5.41, 5.74) is 1.98. The Hall–Kier alpha value is -2.34. The Kier molecular flexibility index (Phi) is 4.59. The molecule has 0 fully saturated rings. The van der Waals surface area contributed by atoms with Crippen molar-refractivity contribution in [3.05, 3.63) is 36.0 Å². The summed E-state index contributed by atoms with van der Waals surface area (Å²) < 4.78 is 0. The molecule has 112 valence electrons. The Morgan fingerprint density at radius 3 is 2.76 bits per heavy atom. The number of hydrogen-bond donors (Lipinski definition) is 3. The van der Waals surface area contributed by atoms with E-state index in [4.69, 9.17) is 0 Å². The lowest BCUT2D eigenvalue weighted by Crippen LogP contribution is -2.53. The van der Waals surface area contributed by atoms with Gasteiger partial charge in [0.2, 0.25) is 5.91 Å². The van der Waals surface area contributed by atoms with E-state index in [1.807, 2.05) is 30.5 Å². The number of para-hydroxylation sites is 1. The molecule has 1 amide bonds. The first-order valence-corrected chi connectivity index (χ1v) is 6.72. The average Bonchev–Trinajstić information content (AvgIpc) is 2.85. The summed E-state index contributed by atoms with van der Waals surface area (Å²) in [4.78, 5) is 25.7. The molecule has 0 aliphatic heterocycles. The minimum absolute atomic E-state index is 0.137. The molecule has 1 heterocycles. The van der Waals surface area contributed by atoms with E-state index >= 15 is 0 Å². The lowest BCUT2D eigenvalue weighted by molar-refractivity contribution is -0.310. The monoisotopic (exact) mass is 289 g/mol. The highest BCUT2D eigenvalue weighted by Gasteiger charge is 2.18. The lowest BCUT2D eigenvalue weighted by atomic mass is 10.1. The summed E-state index contributed by atoms with van der Waals surface area (Å²) in [7, 11) is 0. The molecule has 21 heavy (non-hydrogen) atoms. The highest BCUT2D eigenvalue weighted by atomic mass is 16.4. The smallest absolute Gasteiger partial charge is 0.220 e. The van der Waals surface area contributed by atoms with Crippen molar-refractivity contribution in [2.75, 3.05) is 0 Å². The minimum atomic E-state index is -1.49. The third-order valence-electron chi connectivity index (χ3n) is 3.35. The van der Waals surface area contributed by atoms with Crippen LogP contribution >= 0.6 is 0 Å². The second kappa shape index (κ2) is 6.41. The standard InChI is InChI=1S/C15H18N2O4/c1-9(18)14(15(20)21)17-13(19)7-6-10-8-16-12-5-3-2-4-11(10)12/h2-5,8-9,14,16,18H,6-7H2,1H3,(H,17,19)(H,20,21)/p-1/t9-,14-/m1/s1. The molecule has 0 radical (unpaired) electrons. The van der Waals surface area contributed by atoms with E-state index in [0.717, 1.165) is 16.5 Å². The Morgan fingerprint density at radius 2 is 2.10 bits per heavy atom. The number of aliphatic carboxylic acids is 1. The number of carboxylic acid groups (broad SMARTS) is 1. The van der Waals surface area contributed by atoms with E-state index in [0.29, 0.717) is 6.42 Å². The number of fused-ring (bicyclic) bond motifs is 1. The van der Waals surface area contributed by atoms with Gasteiger partial charge in [0.1, 0.15) is 0 Å². The van der Waals surface area contributed by atoms with Crippen molar-refractivity contribution in [1.29, 1.82) is 0 Å². The highest BCUT2D eigenvalue weighted by Crippen LogP contribution is 2.18. The van der Waals surface area contributed by atoms with Gasteiger partial charge in [0, 0.05) is 23.5 Å². The zero-order valence-corrected chi connectivity index (χ0v) is 11.6. The van der Waals surface area contributed by atoms with Gasteiger partial charge in [0.25, 0.3) is 0 Å². The molecule has 2 aromatic rings. The number of carbonyl (C=O) groups is 2. The maximum Gasteiger partial charge on any atom is 0.220 e. The predicted octanol–water partition coefficient (Wildman–Crippen LogP) is -0.284. The molecule has 0 saturated heterocycles. The SMILES string of the molecule is C[C@@H](O)[C@@H](NC(=O)CCc1c[nH]c2ccccc12)C(=O)[O-]. The summed E-state index contributed by atoms with van der Waals surface area (Å²) in [5, 5.41) is 23.4. The molecule has 1 aromatic carbocycles. The fourth-order valence-corrected chi connectivity index (χ4v) is 2.21. The Labute approximate surface area is 121 Å². The number of amides is 1. The number of benzene rings is 1. The van der Waals surface area contributed by atoms with Crippen molar-refractivity contribution in [3.63, 3.8) is 0 Å². The summed E-state index contributed by atoms with van der Waals surface area (Å²) in [5.74, 6) is -1.93. The van der Waals surface area contributed by atoms with E-state index in [-0.39, 0.29) is 6.42 Å². The summed E-state index contributed by atoms with van der Waals surface area (Å²) in [6.07, 6.45) is 1.25. The Morgan fingerprint density at radius 1 is 1.38 bits per heavy atom. The van der Waals surface area contributed by atoms with Crippen LogP contribution in [-0.4, -0.2) is 34.1 Å². The highest BCUT2D eigenvalue weighted by molar-refractivity contribution is 5.85. The van der Waals surface area contributed by atoms with Crippen LogP contribution in [0.1, 0.15) is 18.9 Å². The number of rotatable bonds is 6. The van der Waals surface area contributed by atoms with Gasteiger partial charge in [-0.1, -0.05) is 18.2 Å². The maximum atomic E-state index is 11.8. The number of nitrogens with one attached hydrogen (secondary N) is 2. The molecule has 3 N–H and O–H groups in total. The van der Waals surface area contributed by atoms with Crippen LogP contribution in [-0.2, 0) is 16.0 Å². The van der Waals surface area contributed by atoms with Gasteiger partial charge in [-0.05, 0) is 25.0 Å². The van der Waals surface area contributed by atoms with Crippen LogP contribution in [0.3, 0.4) is 0 Å². The second-order valence-corrected chi connectivity index (χ2v) is 4.96. The van der Waals surface area contributed by atoms with E-state index < -0.39 is 24.0 Å². The van der Waals surface area contributed by atoms with E-state index in [1.54, 1.807) is 0 Å². The van der Waals surface area contributed by atoms with Gasteiger partial charge in [-0.15, -0.1) is 0 Å². The number of aromatic nitrogens is 1. The number of aryl methyl sites for hydroxylation is 1. The molecule has 6 heteroatoms. The first kappa shape index (κ1) is 15.1. The molecule has 2 rings (SSSR count). The topological polar surface area (TPSA) is 105 Å². The van der Waals surface area contributed by atoms with Crippen molar-refractivity contribution in [2.45, 2.75) is 31.9 Å². The molecule has 6 nitrogen and oxygen atoms in total. The zero-order valence-electron chi connectivity index (χ0n) is 11.6. The number of carbonyl (C=O) groups excluding carboxylic acids is 2. The summed E-state index contributed by atoms with van der Waals surface area (Å²) in [6.45, 7) is 1.29. The first-order chi connectivity index (χ1) is 9.99. The average molecular weight is 289 g/mol. The molecule has 0 aliphatic carbocycles. The van der Waals surface area contributed by atoms with Gasteiger partial charge in [0.15, 0.2) is 0 Å². The van der Waals surface area contributed by atoms with Gasteiger partial charge >= 0.3 is 0 Å². The molecule has 0 saturated carbocycles. The van der Waals surface area contributed by atoms with Crippen LogP contribution in [0.2, 0.25) is 0 Å². The van der Waals surface area contributed by atoms with Crippen LogP contribution < -0.4 is 10.4 Å². The number of aromatic amines is 1. The van der Waals surface area contributed by atoms with Crippen molar-refractivity contribution in [1.82, 2.24) is 10.3 Å². The Balaban J connectivity index is 1.96. The van der Waals surface area contributed by atoms with Crippen LogP contribution in [0.5, 0.6) is 0 Å². The van der Waals surface area contributed by atoms with E-state index in [2.05, 4.69) is 10.3 Å². The molecule has 0 unspecified atom stereocenters. The van der Waals surface area contributed by atoms with Crippen molar-refractivity contribution in [2.24, 2.45) is 0 Å². The van der Waals surface area contributed by atoms with Gasteiger partial charge in [0.05, 0.1) is 18.1 Å². The van der Waals surface area contributed by atoms with Gasteiger partial charge in [-0.3, -0.25) is 4.79 Å². The number of aliphatic hydroxyl groups excluding tert-OH is 1. The molecular weight excluding hydrogens is 272 g/mol. The quantitative estimate of drug-likeness (QED) is 0.680. The van der Waals surface area contributed by atoms with Crippen LogP contribution in [0.4, 0.5) is 0 Å². The molecule has 2 atom stereocenters. The normalized spacial score (nSPS) is 13.8. The molecule has 0 spiro atoms. The van der Waals surface area contributed by atoms with Crippen molar-refractivity contribution < 1.29 is 19.8 Å². The third-order valence-corrected chi connectivity index (χ3v) is 3.35. The predicted molar refractivity (Wildman–Crippen MR) is 75.2 cm³/mol. The molecule has 1 aromatic heterocycles. The van der Waals surface area contributed by atoms with E-state index in [1.165, 1.54) is 6.92 Å². The van der Waals surface area contributed by atoms with Crippen LogP contribution in [0.25, 0.3) is 10.9 Å². The first-order valence-electron chi connectivity index (χ1n) is 6.72. The second-order valence-electron chi connectivity index (χ2n) is 4.96. The van der Waals surface area contributed by atoms with Crippen LogP contribution in [0.15, 0.2) is 30.5 Å². The van der Waals surface area contributed by atoms with Crippen molar-refractivity contribution >= 4 is 22.8 Å². The number of hydrogen-bond acceptors (Lipinski definition) is 4. The number of aliphatic hydroxyl groups is 1. The fourth-order valence-electron chi connectivity index (χ4n) is 2.21. The van der Waals surface area contributed by atoms with Crippen LogP contribution in [0, 0.1) is 0 Å². The third kappa shape index (κ3) is 3.61. The minimum Gasteiger partial charge on any atom is -0.548 e. The van der Waals surface area contributed by atoms with Gasteiger partial charge in [-0.2, -0.15) is 0 Å². The lowest BCUT2D eigenvalue weighted by Gasteiger charge is -2.22.